The zero-order valence-corrected chi connectivity index (χ0v) is 12.1. The zero-order valence-electron chi connectivity index (χ0n) is 9.79. The van der Waals surface area contributed by atoms with Crippen molar-refractivity contribution in [3.05, 3.63) is 68.9 Å². The third kappa shape index (κ3) is 3.78. The van der Waals surface area contributed by atoms with E-state index in [0.29, 0.717) is 6.54 Å². The Morgan fingerprint density at radius 2 is 2.05 bits per heavy atom. The van der Waals surface area contributed by atoms with E-state index in [1.165, 1.54) is 12.1 Å². The third-order valence-corrected chi connectivity index (χ3v) is 3.34. The van der Waals surface area contributed by atoms with Gasteiger partial charge in [0.1, 0.15) is 5.82 Å². The van der Waals surface area contributed by atoms with Crippen molar-refractivity contribution in [2.45, 2.75) is 6.54 Å². The number of hydrogen-bond acceptors (Lipinski definition) is 1. The summed E-state index contributed by atoms with van der Waals surface area (Å²) in [6.07, 6.45) is 0. The standard InChI is InChI=1S/C14H10BrClFNO/c15-10-3-1-2-9(6-10)8-18-14(19)12-7-11(17)4-5-13(12)16/h1-7H,8H2,(H,18,19). The van der Waals surface area contributed by atoms with Gasteiger partial charge in [-0.3, -0.25) is 4.79 Å². The van der Waals surface area contributed by atoms with E-state index >= 15 is 0 Å². The molecule has 0 atom stereocenters. The molecule has 1 amide bonds. The lowest BCUT2D eigenvalue weighted by atomic mass is 10.2. The first kappa shape index (κ1) is 14.0. The fraction of sp³-hybridized carbons (Fsp3) is 0.0714. The van der Waals surface area contributed by atoms with Gasteiger partial charge in [0.15, 0.2) is 0 Å². The molecule has 1 N–H and O–H groups in total. The van der Waals surface area contributed by atoms with Crippen molar-refractivity contribution in [1.29, 1.82) is 0 Å². The van der Waals surface area contributed by atoms with Crippen LogP contribution in [-0.2, 0) is 6.54 Å². The number of carbonyl (C=O) groups is 1. The average molecular weight is 343 g/mol. The summed E-state index contributed by atoms with van der Waals surface area (Å²) in [4.78, 5) is 11.9. The van der Waals surface area contributed by atoms with Crippen LogP contribution in [0.1, 0.15) is 15.9 Å². The maximum atomic E-state index is 13.1. The average Bonchev–Trinajstić information content (AvgIpc) is 2.39. The summed E-state index contributed by atoms with van der Waals surface area (Å²) >= 11 is 9.21. The lowest BCUT2D eigenvalue weighted by Gasteiger charge is -2.07. The number of amides is 1. The first-order valence-electron chi connectivity index (χ1n) is 5.54. The van der Waals surface area contributed by atoms with Crippen LogP contribution in [0.4, 0.5) is 4.39 Å². The summed E-state index contributed by atoms with van der Waals surface area (Å²) in [5.41, 5.74) is 1.08. The van der Waals surface area contributed by atoms with Gasteiger partial charge < -0.3 is 5.32 Å². The molecule has 2 aromatic carbocycles. The van der Waals surface area contributed by atoms with Crippen molar-refractivity contribution in [2.24, 2.45) is 0 Å². The third-order valence-electron chi connectivity index (χ3n) is 2.52. The van der Waals surface area contributed by atoms with Crippen molar-refractivity contribution in [3.8, 4) is 0 Å². The van der Waals surface area contributed by atoms with Crippen molar-refractivity contribution in [2.75, 3.05) is 0 Å². The highest BCUT2D eigenvalue weighted by atomic mass is 79.9. The highest BCUT2D eigenvalue weighted by Gasteiger charge is 2.11. The summed E-state index contributed by atoms with van der Waals surface area (Å²) in [6, 6.07) is 11.3. The molecule has 0 spiro atoms. The number of hydrogen-bond donors (Lipinski definition) is 1. The molecule has 0 saturated carbocycles. The molecule has 2 aromatic rings. The van der Waals surface area contributed by atoms with E-state index in [1.54, 1.807) is 0 Å². The summed E-state index contributed by atoms with van der Waals surface area (Å²) in [5, 5.41) is 2.93. The zero-order chi connectivity index (χ0) is 13.8. The fourth-order valence-electron chi connectivity index (χ4n) is 1.60. The molecule has 0 heterocycles. The van der Waals surface area contributed by atoms with Gasteiger partial charge in [-0.1, -0.05) is 39.7 Å². The normalized spacial score (nSPS) is 10.3. The van der Waals surface area contributed by atoms with Gasteiger partial charge in [0.2, 0.25) is 0 Å². The molecule has 19 heavy (non-hydrogen) atoms. The molecule has 0 aromatic heterocycles. The van der Waals surface area contributed by atoms with E-state index in [2.05, 4.69) is 21.2 Å². The number of halogens is 3. The molecule has 0 unspecified atom stereocenters. The number of nitrogens with one attached hydrogen (secondary N) is 1. The Balaban J connectivity index is 2.07. The smallest absolute Gasteiger partial charge is 0.253 e. The van der Waals surface area contributed by atoms with E-state index in [-0.39, 0.29) is 10.6 Å². The van der Waals surface area contributed by atoms with Gasteiger partial charge in [-0.05, 0) is 35.9 Å². The van der Waals surface area contributed by atoms with Gasteiger partial charge >= 0.3 is 0 Å². The Kier molecular flexibility index (Phi) is 4.56. The minimum Gasteiger partial charge on any atom is -0.348 e. The lowest BCUT2D eigenvalue weighted by Crippen LogP contribution is -2.23. The quantitative estimate of drug-likeness (QED) is 0.891. The largest absolute Gasteiger partial charge is 0.348 e. The molecular weight excluding hydrogens is 333 g/mol. The number of rotatable bonds is 3. The Bertz CT molecular complexity index is 618. The first-order valence-corrected chi connectivity index (χ1v) is 6.71. The summed E-state index contributed by atoms with van der Waals surface area (Å²) in [6.45, 7) is 0.352. The van der Waals surface area contributed by atoms with E-state index in [4.69, 9.17) is 11.6 Å². The molecule has 5 heteroatoms. The van der Waals surface area contributed by atoms with Crippen molar-refractivity contribution in [3.63, 3.8) is 0 Å². The SMILES string of the molecule is O=C(NCc1cccc(Br)c1)c1cc(F)ccc1Cl. The molecule has 0 aliphatic heterocycles. The Hall–Kier alpha value is -1.39. The molecule has 0 fully saturated rings. The highest BCUT2D eigenvalue weighted by Crippen LogP contribution is 2.17. The van der Waals surface area contributed by atoms with Crippen LogP contribution in [0.2, 0.25) is 5.02 Å². The Morgan fingerprint density at radius 3 is 2.79 bits per heavy atom. The summed E-state index contributed by atoms with van der Waals surface area (Å²) in [7, 11) is 0. The van der Waals surface area contributed by atoms with Crippen LogP contribution < -0.4 is 5.32 Å². The second-order valence-electron chi connectivity index (χ2n) is 3.94. The molecular formula is C14H10BrClFNO. The first-order chi connectivity index (χ1) is 9.06. The van der Waals surface area contributed by atoms with Crippen molar-refractivity contribution in [1.82, 2.24) is 5.32 Å². The van der Waals surface area contributed by atoms with Crippen LogP contribution in [0, 0.1) is 5.82 Å². The van der Waals surface area contributed by atoms with E-state index < -0.39 is 11.7 Å². The lowest BCUT2D eigenvalue weighted by molar-refractivity contribution is 0.0950. The van der Waals surface area contributed by atoms with E-state index in [1.807, 2.05) is 24.3 Å². The van der Waals surface area contributed by atoms with Crippen LogP contribution in [-0.4, -0.2) is 5.91 Å². The number of benzene rings is 2. The maximum absolute atomic E-state index is 13.1. The van der Waals surface area contributed by atoms with Crippen LogP contribution >= 0.6 is 27.5 Å². The van der Waals surface area contributed by atoms with Gasteiger partial charge in [0, 0.05) is 11.0 Å². The molecule has 2 nitrogen and oxygen atoms in total. The second kappa shape index (κ2) is 6.17. The minimum atomic E-state index is -0.489. The van der Waals surface area contributed by atoms with Crippen molar-refractivity contribution < 1.29 is 9.18 Å². The number of carbonyl (C=O) groups excluding carboxylic acids is 1. The molecule has 0 aliphatic rings. The van der Waals surface area contributed by atoms with Crippen LogP contribution in [0.5, 0.6) is 0 Å². The van der Waals surface area contributed by atoms with Gasteiger partial charge in [0.25, 0.3) is 5.91 Å². The van der Waals surface area contributed by atoms with E-state index in [9.17, 15) is 9.18 Å². The highest BCUT2D eigenvalue weighted by molar-refractivity contribution is 9.10. The molecule has 0 radical (unpaired) electrons. The van der Waals surface area contributed by atoms with Crippen LogP contribution in [0.3, 0.4) is 0 Å². The Labute approximate surface area is 123 Å². The van der Waals surface area contributed by atoms with Gasteiger partial charge in [-0.15, -0.1) is 0 Å². The van der Waals surface area contributed by atoms with Gasteiger partial charge in [-0.2, -0.15) is 0 Å². The Morgan fingerprint density at radius 1 is 1.26 bits per heavy atom. The van der Waals surface area contributed by atoms with Crippen molar-refractivity contribution >= 4 is 33.4 Å². The van der Waals surface area contributed by atoms with Crippen LogP contribution in [0.25, 0.3) is 0 Å². The molecule has 98 valence electrons. The van der Waals surface area contributed by atoms with Gasteiger partial charge in [0.05, 0.1) is 10.6 Å². The van der Waals surface area contributed by atoms with E-state index in [0.717, 1.165) is 16.1 Å². The molecule has 0 aliphatic carbocycles. The molecule has 0 saturated heterocycles. The minimum absolute atomic E-state index is 0.136. The summed E-state index contributed by atoms with van der Waals surface area (Å²) in [5.74, 6) is -0.888. The van der Waals surface area contributed by atoms with Gasteiger partial charge in [-0.25, -0.2) is 4.39 Å². The molecule has 0 bridgehead atoms. The predicted octanol–water partition coefficient (Wildman–Crippen LogP) is 4.17. The second-order valence-corrected chi connectivity index (χ2v) is 5.26. The topological polar surface area (TPSA) is 29.1 Å². The molecule has 2 rings (SSSR count). The summed E-state index contributed by atoms with van der Waals surface area (Å²) < 4.78 is 14.0. The predicted molar refractivity (Wildman–Crippen MR) is 76.7 cm³/mol. The monoisotopic (exact) mass is 341 g/mol. The fourth-order valence-corrected chi connectivity index (χ4v) is 2.25. The van der Waals surface area contributed by atoms with Crippen LogP contribution in [0.15, 0.2) is 46.9 Å². The maximum Gasteiger partial charge on any atom is 0.253 e.